The molecule has 0 saturated carbocycles. The number of aromatic nitrogens is 4. The highest BCUT2D eigenvalue weighted by Crippen LogP contribution is 2.42. The van der Waals surface area contributed by atoms with E-state index >= 15 is 0 Å². The monoisotopic (exact) mass is 424 g/mol. The fraction of sp³-hybridized carbons (Fsp3) is 0.650. The molecule has 10 heteroatoms. The zero-order valence-corrected chi connectivity index (χ0v) is 17.4. The Balaban J connectivity index is 1.49. The van der Waals surface area contributed by atoms with Gasteiger partial charge in [-0.1, -0.05) is 13.8 Å². The Hall–Kier alpha value is -2.52. The summed E-state index contributed by atoms with van der Waals surface area (Å²) in [7, 11) is 1.73. The standard InChI is InChI=1S/C20H27F3N6O/c1-12(2)14-10-17(20(21,22)23)29-18(25-14)11-15(26-29)13-5-8-28(9-6-13)19(30)16-4-7-24-27(16)3/h4,7,11-14,17,25H,5-6,8-10H2,1-3H3/t14-,17+/m0/s1. The van der Waals surface area contributed by atoms with Crippen LogP contribution in [0.4, 0.5) is 19.0 Å². The van der Waals surface area contributed by atoms with Gasteiger partial charge in [-0.3, -0.25) is 9.48 Å². The summed E-state index contributed by atoms with van der Waals surface area (Å²) in [4.78, 5) is 14.4. The summed E-state index contributed by atoms with van der Waals surface area (Å²) in [5.41, 5.74) is 1.20. The number of aryl methyl sites for hydroxylation is 1. The molecule has 30 heavy (non-hydrogen) atoms. The zero-order chi connectivity index (χ0) is 21.6. The fourth-order valence-electron chi connectivity index (χ4n) is 4.38. The van der Waals surface area contributed by atoms with E-state index in [9.17, 15) is 18.0 Å². The summed E-state index contributed by atoms with van der Waals surface area (Å²) < 4.78 is 43.7. The molecular weight excluding hydrogens is 397 g/mol. The summed E-state index contributed by atoms with van der Waals surface area (Å²) in [5.74, 6) is 0.483. The van der Waals surface area contributed by atoms with Crippen LogP contribution in [0.5, 0.6) is 0 Å². The second-order valence-electron chi connectivity index (χ2n) is 8.59. The van der Waals surface area contributed by atoms with Crippen LogP contribution in [0.15, 0.2) is 18.3 Å². The van der Waals surface area contributed by atoms with Gasteiger partial charge in [-0.25, -0.2) is 4.68 Å². The van der Waals surface area contributed by atoms with Crippen molar-refractivity contribution in [1.29, 1.82) is 0 Å². The minimum atomic E-state index is -4.34. The van der Waals surface area contributed by atoms with E-state index < -0.39 is 12.2 Å². The number of carbonyl (C=O) groups excluding carboxylic acids is 1. The first-order chi connectivity index (χ1) is 14.1. The SMILES string of the molecule is CC(C)[C@@H]1C[C@H](C(F)(F)F)n2nc(C3CCN(C(=O)c4ccnn4C)CC3)cc2N1. The maximum absolute atomic E-state index is 13.7. The lowest BCUT2D eigenvalue weighted by Crippen LogP contribution is -2.41. The van der Waals surface area contributed by atoms with Crippen LogP contribution in [0.3, 0.4) is 0 Å². The minimum Gasteiger partial charge on any atom is -0.367 e. The number of fused-ring (bicyclic) bond motifs is 1. The van der Waals surface area contributed by atoms with Gasteiger partial charge in [0.1, 0.15) is 11.5 Å². The van der Waals surface area contributed by atoms with E-state index in [4.69, 9.17) is 0 Å². The Labute approximate surface area is 173 Å². The molecule has 1 fully saturated rings. The zero-order valence-electron chi connectivity index (χ0n) is 17.4. The maximum Gasteiger partial charge on any atom is 0.410 e. The molecule has 0 aromatic carbocycles. The Morgan fingerprint density at radius 3 is 2.53 bits per heavy atom. The highest BCUT2D eigenvalue weighted by Gasteiger charge is 2.47. The number of piperidine rings is 1. The summed E-state index contributed by atoms with van der Waals surface area (Å²) in [6.07, 6.45) is -1.43. The van der Waals surface area contributed by atoms with Gasteiger partial charge in [0.15, 0.2) is 6.04 Å². The molecule has 0 aliphatic carbocycles. The lowest BCUT2D eigenvalue weighted by Gasteiger charge is -2.35. The van der Waals surface area contributed by atoms with E-state index in [0.717, 1.165) is 4.68 Å². The van der Waals surface area contributed by atoms with Gasteiger partial charge in [-0.15, -0.1) is 0 Å². The van der Waals surface area contributed by atoms with Crippen molar-refractivity contribution in [1.82, 2.24) is 24.5 Å². The van der Waals surface area contributed by atoms with Crippen molar-refractivity contribution >= 4 is 11.7 Å². The molecular formula is C20H27F3N6O. The van der Waals surface area contributed by atoms with Crippen LogP contribution in [0, 0.1) is 5.92 Å². The number of rotatable bonds is 3. The quantitative estimate of drug-likeness (QED) is 0.818. The third-order valence-electron chi connectivity index (χ3n) is 6.28. The van der Waals surface area contributed by atoms with Gasteiger partial charge < -0.3 is 10.2 Å². The highest BCUT2D eigenvalue weighted by molar-refractivity contribution is 5.92. The Morgan fingerprint density at radius 2 is 1.97 bits per heavy atom. The second-order valence-corrected chi connectivity index (χ2v) is 8.59. The van der Waals surface area contributed by atoms with Gasteiger partial charge in [-0.2, -0.15) is 23.4 Å². The summed E-state index contributed by atoms with van der Waals surface area (Å²) >= 11 is 0. The first kappa shape index (κ1) is 20.7. The van der Waals surface area contributed by atoms with E-state index in [1.54, 1.807) is 35.0 Å². The normalized spacial score (nSPS) is 22.8. The molecule has 1 N–H and O–H groups in total. The number of hydrogen-bond acceptors (Lipinski definition) is 4. The molecule has 7 nitrogen and oxygen atoms in total. The minimum absolute atomic E-state index is 0.0209. The number of hydrogen-bond donors (Lipinski definition) is 1. The van der Waals surface area contributed by atoms with Crippen LogP contribution < -0.4 is 5.32 Å². The average molecular weight is 424 g/mol. The van der Waals surface area contributed by atoms with Crippen molar-refractivity contribution in [3.63, 3.8) is 0 Å². The molecule has 4 heterocycles. The Morgan fingerprint density at radius 1 is 1.27 bits per heavy atom. The van der Waals surface area contributed by atoms with E-state index in [2.05, 4.69) is 15.5 Å². The van der Waals surface area contributed by atoms with Crippen molar-refractivity contribution in [3.8, 4) is 0 Å². The molecule has 1 amide bonds. The highest BCUT2D eigenvalue weighted by atomic mass is 19.4. The second kappa shape index (κ2) is 7.63. The van der Waals surface area contributed by atoms with Crippen LogP contribution in [0.1, 0.15) is 61.3 Å². The van der Waals surface area contributed by atoms with E-state index in [1.165, 1.54) is 0 Å². The number of nitrogens with zero attached hydrogens (tertiary/aromatic N) is 5. The van der Waals surface area contributed by atoms with E-state index in [1.807, 2.05) is 13.8 Å². The van der Waals surface area contributed by atoms with E-state index in [-0.39, 0.29) is 30.2 Å². The largest absolute Gasteiger partial charge is 0.410 e. The van der Waals surface area contributed by atoms with Crippen molar-refractivity contribution in [3.05, 3.63) is 29.7 Å². The van der Waals surface area contributed by atoms with Gasteiger partial charge >= 0.3 is 6.18 Å². The molecule has 0 radical (unpaired) electrons. The molecule has 0 unspecified atom stereocenters. The smallest absolute Gasteiger partial charge is 0.367 e. The van der Waals surface area contributed by atoms with Crippen molar-refractivity contribution in [2.45, 2.75) is 57.3 Å². The van der Waals surface area contributed by atoms with Crippen molar-refractivity contribution in [2.24, 2.45) is 13.0 Å². The molecule has 0 bridgehead atoms. The topological polar surface area (TPSA) is 68.0 Å². The van der Waals surface area contributed by atoms with Crippen LogP contribution in [-0.4, -0.2) is 55.7 Å². The van der Waals surface area contributed by atoms with Crippen LogP contribution >= 0.6 is 0 Å². The fourth-order valence-corrected chi connectivity index (χ4v) is 4.38. The predicted molar refractivity (Wildman–Crippen MR) is 105 cm³/mol. The lowest BCUT2D eigenvalue weighted by atomic mass is 9.93. The van der Waals surface area contributed by atoms with Crippen LogP contribution in [0.2, 0.25) is 0 Å². The third-order valence-corrected chi connectivity index (χ3v) is 6.28. The Bertz CT molecular complexity index is 910. The first-order valence-electron chi connectivity index (χ1n) is 10.3. The van der Waals surface area contributed by atoms with Gasteiger partial charge in [0.05, 0.1) is 5.69 Å². The molecule has 164 valence electrons. The Kier molecular flexibility index (Phi) is 5.27. The predicted octanol–water partition coefficient (Wildman–Crippen LogP) is 3.58. The number of likely N-dealkylation sites (tertiary alicyclic amines) is 1. The molecule has 2 aromatic rings. The summed E-state index contributed by atoms with van der Waals surface area (Å²) in [6.45, 7) is 4.93. The average Bonchev–Trinajstić information content (AvgIpc) is 3.31. The van der Waals surface area contributed by atoms with Gasteiger partial charge in [0, 0.05) is 44.4 Å². The molecule has 0 spiro atoms. The van der Waals surface area contributed by atoms with Crippen LogP contribution in [0.25, 0.3) is 0 Å². The van der Waals surface area contributed by atoms with Crippen molar-refractivity contribution in [2.75, 3.05) is 18.4 Å². The molecule has 1 saturated heterocycles. The van der Waals surface area contributed by atoms with Gasteiger partial charge in [-0.05, 0) is 31.2 Å². The van der Waals surface area contributed by atoms with E-state index in [0.29, 0.717) is 43.1 Å². The lowest BCUT2D eigenvalue weighted by molar-refractivity contribution is -0.174. The third kappa shape index (κ3) is 3.79. The number of anilines is 1. The van der Waals surface area contributed by atoms with Crippen molar-refractivity contribution < 1.29 is 18.0 Å². The molecule has 2 aliphatic heterocycles. The number of halogens is 3. The first-order valence-corrected chi connectivity index (χ1v) is 10.3. The number of carbonyl (C=O) groups is 1. The summed E-state index contributed by atoms with van der Waals surface area (Å²) in [5, 5.41) is 11.6. The molecule has 2 aliphatic rings. The number of alkyl halides is 3. The number of nitrogens with one attached hydrogen (secondary N) is 1. The van der Waals surface area contributed by atoms with Crippen LogP contribution in [-0.2, 0) is 7.05 Å². The maximum atomic E-state index is 13.7. The van der Waals surface area contributed by atoms with Gasteiger partial charge in [0.25, 0.3) is 5.91 Å². The molecule has 2 aromatic heterocycles. The van der Waals surface area contributed by atoms with Gasteiger partial charge in [0.2, 0.25) is 0 Å². The molecule has 4 rings (SSSR count). The number of amides is 1. The molecule has 2 atom stereocenters. The summed E-state index contributed by atoms with van der Waals surface area (Å²) in [6, 6.07) is 1.59.